The van der Waals surface area contributed by atoms with Crippen LogP contribution in [0.25, 0.3) is 0 Å². The molecular weight excluding hydrogens is 901 g/mol. The van der Waals surface area contributed by atoms with Gasteiger partial charge in [0.2, 0.25) is 0 Å². The van der Waals surface area contributed by atoms with Crippen LogP contribution in [-0.4, -0.2) is 37.2 Å². The minimum atomic E-state index is -0.779. The van der Waals surface area contributed by atoms with Crippen LogP contribution in [0.15, 0.2) is 60.8 Å². The lowest BCUT2D eigenvalue weighted by Gasteiger charge is -2.18. The molecule has 1 unspecified atom stereocenters. The van der Waals surface area contributed by atoms with E-state index in [1.165, 1.54) is 205 Å². The van der Waals surface area contributed by atoms with Crippen LogP contribution < -0.4 is 0 Å². The highest BCUT2D eigenvalue weighted by Gasteiger charge is 2.19. The second kappa shape index (κ2) is 61.7. The summed E-state index contributed by atoms with van der Waals surface area (Å²) < 4.78 is 16.9. The van der Waals surface area contributed by atoms with Crippen molar-refractivity contribution >= 4 is 17.9 Å². The molecule has 0 radical (unpaired) electrons. The van der Waals surface area contributed by atoms with Crippen molar-refractivity contribution in [3.8, 4) is 0 Å². The van der Waals surface area contributed by atoms with Crippen molar-refractivity contribution in [3.63, 3.8) is 0 Å². The molecule has 0 N–H and O–H groups in total. The molecule has 0 aromatic heterocycles. The van der Waals surface area contributed by atoms with Crippen molar-refractivity contribution < 1.29 is 28.6 Å². The summed E-state index contributed by atoms with van der Waals surface area (Å²) in [5.74, 6) is -0.870. The average Bonchev–Trinajstić information content (AvgIpc) is 3.39. The van der Waals surface area contributed by atoms with Crippen molar-refractivity contribution in [1.29, 1.82) is 0 Å². The van der Waals surface area contributed by atoms with Gasteiger partial charge < -0.3 is 14.2 Å². The van der Waals surface area contributed by atoms with Crippen LogP contribution in [0.5, 0.6) is 0 Å². The van der Waals surface area contributed by atoms with Crippen LogP contribution in [-0.2, 0) is 28.6 Å². The minimum absolute atomic E-state index is 0.0752. The molecule has 6 heteroatoms. The summed E-state index contributed by atoms with van der Waals surface area (Å²) in [4.78, 5) is 38.3. The maximum absolute atomic E-state index is 12.9. The number of ether oxygens (including phenoxy) is 3. The standard InChI is InChI=1S/C67H120O6/c1-4-7-10-13-16-19-22-25-27-29-31-32-33-34-36-37-39-42-45-48-51-54-57-60-66(69)72-63-64(62-71-65(68)59-56-53-50-47-44-41-24-21-18-15-12-9-6-3)73-67(70)61-58-55-52-49-46-43-40-38-35-30-28-26-23-20-17-14-11-8-5-2/h17,20,22,25-26,28-29,31,33-34,64H,4-16,18-19,21,23-24,27,30,32,35-63H2,1-3H3/b20-17-,25-22-,28-26-,31-29-,34-33-. The molecule has 0 aliphatic carbocycles. The predicted octanol–water partition coefficient (Wildman–Crippen LogP) is 21.6. The molecule has 0 bridgehead atoms. The van der Waals surface area contributed by atoms with Gasteiger partial charge in [-0.25, -0.2) is 0 Å². The molecule has 0 aliphatic rings. The zero-order chi connectivity index (χ0) is 52.9. The molecule has 0 amide bonds. The molecule has 424 valence electrons. The third-order valence-electron chi connectivity index (χ3n) is 14.0. The summed E-state index contributed by atoms with van der Waals surface area (Å²) in [6.45, 7) is 6.63. The summed E-state index contributed by atoms with van der Waals surface area (Å²) >= 11 is 0. The van der Waals surface area contributed by atoms with Crippen molar-refractivity contribution in [2.75, 3.05) is 13.2 Å². The number of hydrogen-bond acceptors (Lipinski definition) is 6. The first kappa shape index (κ1) is 70.1. The second-order valence-corrected chi connectivity index (χ2v) is 21.3. The van der Waals surface area contributed by atoms with Crippen molar-refractivity contribution in [3.05, 3.63) is 60.8 Å². The van der Waals surface area contributed by atoms with E-state index in [0.717, 1.165) is 83.5 Å². The maximum atomic E-state index is 12.9. The SMILES string of the molecule is CCCCC/C=C\C/C=C\CCCCCCCCCCCC(=O)OC(COC(=O)CCCCCCCCCC/C=C\C/C=C\C/C=C\CCCCCCC)COC(=O)CCCCCCCCCCCCCCC. The van der Waals surface area contributed by atoms with Crippen molar-refractivity contribution in [2.24, 2.45) is 0 Å². The smallest absolute Gasteiger partial charge is 0.306 e. The summed E-state index contributed by atoms with van der Waals surface area (Å²) in [6, 6.07) is 0. The number of rotatable bonds is 58. The van der Waals surface area contributed by atoms with Gasteiger partial charge in [-0.15, -0.1) is 0 Å². The van der Waals surface area contributed by atoms with E-state index in [4.69, 9.17) is 14.2 Å². The average molecular weight is 1020 g/mol. The van der Waals surface area contributed by atoms with Gasteiger partial charge in [-0.05, 0) is 89.9 Å². The Labute approximate surface area is 453 Å². The van der Waals surface area contributed by atoms with E-state index < -0.39 is 6.10 Å². The quantitative estimate of drug-likeness (QED) is 0.0261. The Hall–Kier alpha value is -2.89. The maximum Gasteiger partial charge on any atom is 0.306 e. The molecule has 0 saturated carbocycles. The Morgan fingerprint density at radius 2 is 0.493 bits per heavy atom. The molecule has 0 saturated heterocycles. The van der Waals surface area contributed by atoms with Gasteiger partial charge in [-0.2, -0.15) is 0 Å². The number of carbonyl (C=O) groups excluding carboxylic acids is 3. The first-order valence-corrected chi connectivity index (χ1v) is 31.8. The van der Waals surface area contributed by atoms with Gasteiger partial charge in [-0.3, -0.25) is 14.4 Å². The fourth-order valence-electron chi connectivity index (χ4n) is 9.19. The first-order valence-electron chi connectivity index (χ1n) is 31.8. The molecule has 0 rings (SSSR count). The predicted molar refractivity (Wildman–Crippen MR) is 316 cm³/mol. The third-order valence-corrected chi connectivity index (χ3v) is 14.0. The monoisotopic (exact) mass is 1020 g/mol. The molecule has 0 spiro atoms. The number of hydrogen-bond donors (Lipinski definition) is 0. The van der Waals surface area contributed by atoms with E-state index in [2.05, 4.69) is 81.5 Å². The van der Waals surface area contributed by atoms with Crippen molar-refractivity contribution in [1.82, 2.24) is 0 Å². The van der Waals surface area contributed by atoms with Gasteiger partial charge >= 0.3 is 17.9 Å². The zero-order valence-corrected chi connectivity index (χ0v) is 48.7. The van der Waals surface area contributed by atoms with E-state index in [9.17, 15) is 14.4 Å². The largest absolute Gasteiger partial charge is 0.462 e. The molecular formula is C67H120O6. The summed E-state index contributed by atoms with van der Waals surface area (Å²) in [7, 11) is 0. The summed E-state index contributed by atoms with van der Waals surface area (Å²) in [5, 5.41) is 0. The normalized spacial score (nSPS) is 12.4. The molecule has 0 fully saturated rings. The second-order valence-electron chi connectivity index (χ2n) is 21.3. The lowest BCUT2D eigenvalue weighted by Crippen LogP contribution is -2.30. The Balaban J connectivity index is 4.33. The molecule has 0 aromatic rings. The highest BCUT2D eigenvalue weighted by molar-refractivity contribution is 5.71. The van der Waals surface area contributed by atoms with Gasteiger partial charge in [0.1, 0.15) is 13.2 Å². The molecule has 6 nitrogen and oxygen atoms in total. The van der Waals surface area contributed by atoms with Crippen LogP contribution in [0.2, 0.25) is 0 Å². The number of esters is 3. The molecule has 73 heavy (non-hydrogen) atoms. The third kappa shape index (κ3) is 59.9. The van der Waals surface area contributed by atoms with Gasteiger partial charge in [-0.1, -0.05) is 281 Å². The lowest BCUT2D eigenvalue weighted by molar-refractivity contribution is -0.167. The Kier molecular flexibility index (Phi) is 59.2. The molecule has 0 heterocycles. The van der Waals surface area contributed by atoms with Gasteiger partial charge in [0.05, 0.1) is 0 Å². The van der Waals surface area contributed by atoms with E-state index >= 15 is 0 Å². The summed E-state index contributed by atoms with van der Waals surface area (Å²) in [6.07, 6.45) is 77.9. The van der Waals surface area contributed by atoms with Crippen LogP contribution in [0.4, 0.5) is 0 Å². The van der Waals surface area contributed by atoms with Crippen LogP contribution in [0.3, 0.4) is 0 Å². The van der Waals surface area contributed by atoms with Gasteiger partial charge in [0, 0.05) is 19.3 Å². The van der Waals surface area contributed by atoms with E-state index in [0.29, 0.717) is 19.3 Å². The number of unbranched alkanes of at least 4 members (excludes halogenated alkanes) is 37. The van der Waals surface area contributed by atoms with E-state index in [1.807, 2.05) is 0 Å². The first-order chi connectivity index (χ1) is 36.0. The van der Waals surface area contributed by atoms with Crippen LogP contribution >= 0.6 is 0 Å². The van der Waals surface area contributed by atoms with E-state index in [-0.39, 0.29) is 31.1 Å². The minimum Gasteiger partial charge on any atom is -0.462 e. The fourth-order valence-corrected chi connectivity index (χ4v) is 9.19. The fraction of sp³-hybridized carbons (Fsp3) is 0.806. The van der Waals surface area contributed by atoms with Gasteiger partial charge in [0.25, 0.3) is 0 Å². The number of allylic oxidation sites excluding steroid dienone is 10. The van der Waals surface area contributed by atoms with Crippen LogP contribution in [0, 0.1) is 0 Å². The van der Waals surface area contributed by atoms with Crippen LogP contribution in [0.1, 0.15) is 329 Å². The number of carbonyl (C=O) groups is 3. The Bertz CT molecular complexity index is 1310. The summed E-state index contributed by atoms with van der Waals surface area (Å²) in [5.41, 5.74) is 0. The zero-order valence-electron chi connectivity index (χ0n) is 48.7. The molecule has 0 aliphatic heterocycles. The highest BCUT2D eigenvalue weighted by atomic mass is 16.6. The highest BCUT2D eigenvalue weighted by Crippen LogP contribution is 2.16. The van der Waals surface area contributed by atoms with E-state index in [1.54, 1.807) is 0 Å². The Morgan fingerprint density at radius 1 is 0.274 bits per heavy atom. The lowest BCUT2D eigenvalue weighted by atomic mass is 10.0. The molecule has 1 atom stereocenters. The Morgan fingerprint density at radius 3 is 0.795 bits per heavy atom. The topological polar surface area (TPSA) is 78.9 Å². The molecule has 0 aromatic carbocycles. The van der Waals surface area contributed by atoms with Gasteiger partial charge in [0.15, 0.2) is 6.10 Å². The van der Waals surface area contributed by atoms with Crippen molar-refractivity contribution in [2.45, 2.75) is 335 Å².